The fourth-order valence-electron chi connectivity index (χ4n) is 4.03. The summed E-state index contributed by atoms with van der Waals surface area (Å²) in [4.78, 5) is 24.8. The van der Waals surface area contributed by atoms with E-state index in [1.165, 1.54) is 54.6 Å². The molecule has 0 unspecified atom stereocenters. The first-order chi connectivity index (χ1) is 20.9. The average molecular weight is 632 g/mol. The highest BCUT2D eigenvalue weighted by atomic mass is 32.2. The van der Waals surface area contributed by atoms with Crippen molar-refractivity contribution in [1.82, 2.24) is 0 Å². The second-order valence-electron chi connectivity index (χ2n) is 9.22. The fourth-order valence-corrected chi connectivity index (χ4v) is 5.17. The molecule has 1 aliphatic rings. The Bertz CT molecular complexity index is 2080. The van der Waals surface area contributed by atoms with Gasteiger partial charge in [0.1, 0.15) is 4.91 Å². The van der Waals surface area contributed by atoms with Crippen molar-refractivity contribution in [2.45, 2.75) is 4.90 Å². The Morgan fingerprint density at radius 2 is 1.30 bits per heavy atom. The molecule has 1 aliphatic carbocycles. The predicted octanol–water partition coefficient (Wildman–Crippen LogP) is 5.49. The number of nitrogens with zero attached hydrogens (tertiary/aromatic N) is 3. The molecule has 0 aromatic heterocycles. The lowest BCUT2D eigenvalue weighted by atomic mass is 9.94. The summed E-state index contributed by atoms with van der Waals surface area (Å²) in [5.74, 6) is -1.17. The molecule has 5 rings (SSSR count). The number of nitrogens with one attached hydrogen (secondary N) is 2. The number of fused-ring (bicyclic) bond motifs is 1. The summed E-state index contributed by atoms with van der Waals surface area (Å²) in [6, 6.07) is 24.0. The van der Waals surface area contributed by atoms with E-state index in [4.69, 9.17) is 4.55 Å². The molecule has 0 aliphatic heterocycles. The number of anilines is 2. The quantitative estimate of drug-likeness (QED) is 0.110. The topological polar surface area (TPSA) is 204 Å². The van der Waals surface area contributed by atoms with Crippen molar-refractivity contribution in [2.24, 2.45) is 15.3 Å². The number of hydrazone groups is 1. The molecule has 0 atom stereocenters. The number of allylic oxidation sites excluding steroid dienone is 1. The molecule has 15 heteroatoms. The smallest absolute Gasteiger partial charge is 0.296 e. The highest BCUT2D eigenvalue weighted by Gasteiger charge is 2.33. The molecule has 13 nitrogen and oxygen atoms in total. The first kappa shape index (κ1) is 30.1. The summed E-state index contributed by atoms with van der Waals surface area (Å²) >= 11 is 0. The molecule has 222 valence electrons. The molecule has 0 saturated carbocycles. The van der Waals surface area contributed by atoms with Gasteiger partial charge in [0.25, 0.3) is 26.1 Å². The van der Waals surface area contributed by atoms with Crippen molar-refractivity contribution >= 4 is 66.5 Å². The number of carbonyl (C=O) groups excluding carboxylic acids is 2. The fraction of sp³-hybridized carbons (Fsp3) is 0. The molecular weight excluding hydrogens is 610 g/mol. The maximum atomic E-state index is 13.3. The predicted molar refractivity (Wildman–Crippen MR) is 163 cm³/mol. The molecule has 1 amide bonds. The molecule has 0 fully saturated rings. The van der Waals surface area contributed by atoms with Gasteiger partial charge in [0.15, 0.2) is 5.71 Å². The summed E-state index contributed by atoms with van der Waals surface area (Å²) in [6.45, 7) is 0. The van der Waals surface area contributed by atoms with Gasteiger partial charge in [-0.3, -0.25) is 24.1 Å². The normalized spacial score (nSPS) is 14.3. The number of hydrogen-bond donors (Lipinski definition) is 4. The van der Waals surface area contributed by atoms with Crippen LogP contribution in [0.3, 0.4) is 0 Å². The standard InChI is InChI=1S/C29H21N5O8S2/c35-28-25-15-12-23(30-29(36)18-4-2-1-3-5-18)16-19(25)17-26(44(40,41)42)27(28)34-33-21-8-6-20(7-9-21)31-32-22-10-13-24(14-11-22)43(37,38)39/h1-17,33H,(H,30,36)(H,37,38,39)(H,40,41,42)/b32-31+,34-27-. The van der Waals surface area contributed by atoms with E-state index in [2.05, 4.69) is 26.1 Å². The average Bonchev–Trinajstić information content (AvgIpc) is 2.99. The van der Waals surface area contributed by atoms with E-state index < -0.39 is 42.5 Å². The van der Waals surface area contributed by atoms with Crippen molar-refractivity contribution in [3.05, 3.63) is 119 Å². The van der Waals surface area contributed by atoms with Crippen LogP contribution < -0.4 is 10.7 Å². The molecule has 4 aromatic carbocycles. The molecule has 0 spiro atoms. The number of Topliss-reactive ketones (excluding diaryl/α,β-unsaturated/α-hetero) is 1. The third kappa shape index (κ3) is 6.99. The SMILES string of the molecule is O=C(Nc1ccc2c(c1)C=C(S(=O)(=O)O)/C(=N/Nc1ccc(/N=N/c3ccc(S(=O)(=O)O)cc3)cc1)C2=O)c1ccccc1. The summed E-state index contributed by atoms with van der Waals surface area (Å²) in [5, 5.41) is 14.7. The number of carbonyl (C=O) groups is 2. The van der Waals surface area contributed by atoms with Crippen LogP contribution in [0.2, 0.25) is 0 Å². The van der Waals surface area contributed by atoms with Crippen molar-refractivity contribution < 1.29 is 35.5 Å². The highest BCUT2D eigenvalue weighted by molar-refractivity contribution is 7.91. The molecule has 0 heterocycles. The Morgan fingerprint density at radius 3 is 1.89 bits per heavy atom. The lowest BCUT2D eigenvalue weighted by Gasteiger charge is -2.17. The Hall–Kier alpha value is -5.35. The molecule has 0 bridgehead atoms. The number of ketones is 1. The van der Waals surface area contributed by atoms with Crippen LogP contribution in [-0.4, -0.2) is 43.3 Å². The number of amides is 1. The Morgan fingerprint density at radius 1 is 0.705 bits per heavy atom. The zero-order valence-corrected chi connectivity index (χ0v) is 24.0. The lowest BCUT2D eigenvalue weighted by molar-refractivity contribution is 0.102. The molecule has 0 saturated heterocycles. The van der Waals surface area contributed by atoms with Gasteiger partial charge in [0.05, 0.1) is 22.0 Å². The van der Waals surface area contributed by atoms with Gasteiger partial charge in [0, 0.05) is 16.8 Å². The third-order valence-electron chi connectivity index (χ3n) is 6.18. The zero-order chi connectivity index (χ0) is 31.5. The summed E-state index contributed by atoms with van der Waals surface area (Å²) in [5.41, 5.74) is 4.11. The largest absolute Gasteiger partial charge is 0.322 e. The van der Waals surface area contributed by atoms with Crippen LogP contribution in [0.25, 0.3) is 6.08 Å². The van der Waals surface area contributed by atoms with Crippen molar-refractivity contribution in [3.63, 3.8) is 0 Å². The highest BCUT2D eigenvalue weighted by Crippen LogP contribution is 2.29. The third-order valence-corrected chi connectivity index (χ3v) is 7.92. The second kappa shape index (κ2) is 12.1. The molecule has 4 aromatic rings. The van der Waals surface area contributed by atoms with E-state index in [1.54, 1.807) is 42.5 Å². The minimum absolute atomic E-state index is 0.107. The van der Waals surface area contributed by atoms with Crippen LogP contribution in [0.1, 0.15) is 26.3 Å². The number of hydrogen-bond acceptors (Lipinski definition) is 10. The van der Waals surface area contributed by atoms with Crippen LogP contribution in [0.4, 0.5) is 22.7 Å². The van der Waals surface area contributed by atoms with Gasteiger partial charge in [-0.2, -0.15) is 32.2 Å². The molecule has 0 radical (unpaired) electrons. The molecule has 4 N–H and O–H groups in total. The van der Waals surface area contributed by atoms with Crippen molar-refractivity contribution in [2.75, 3.05) is 10.7 Å². The van der Waals surface area contributed by atoms with E-state index in [0.29, 0.717) is 28.3 Å². The lowest BCUT2D eigenvalue weighted by Crippen LogP contribution is -2.27. The van der Waals surface area contributed by atoms with Crippen LogP contribution in [-0.2, 0) is 20.2 Å². The van der Waals surface area contributed by atoms with Gasteiger partial charge in [-0.05, 0) is 90.5 Å². The maximum absolute atomic E-state index is 13.3. The van der Waals surface area contributed by atoms with Gasteiger partial charge in [0.2, 0.25) is 5.78 Å². The van der Waals surface area contributed by atoms with E-state index in [9.17, 15) is 31.0 Å². The maximum Gasteiger partial charge on any atom is 0.296 e. The zero-order valence-electron chi connectivity index (χ0n) is 22.3. The van der Waals surface area contributed by atoms with E-state index in [-0.39, 0.29) is 16.0 Å². The monoisotopic (exact) mass is 631 g/mol. The summed E-state index contributed by atoms with van der Waals surface area (Å²) in [6.07, 6.45) is 1.09. The first-order valence-electron chi connectivity index (χ1n) is 12.6. The Balaban J connectivity index is 1.33. The Labute approximate surface area is 251 Å². The first-order valence-corrected chi connectivity index (χ1v) is 15.4. The minimum atomic E-state index is -4.88. The summed E-state index contributed by atoms with van der Waals surface area (Å²) in [7, 11) is -9.20. The number of azo groups is 1. The second-order valence-corrected chi connectivity index (χ2v) is 12.0. The van der Waals surface area contributed by atoms with Gasteiger partial charge in [-0.1, -0.05) is 18.2 Å². The number of rotatable bonds is 8. The van der Waals surface area contributed by atoms with Crippen LogP contribution in [0.5, 0.6) is 0 Å². The van der Waals surface area contributed by atoms with Crippen LogP contribution in [0.15, 0.2) is 122 Å². The Kier molecular flexibility index (Phi) is 8.28. The molecular formula is C29H21N5O8S2. The van der Waals surface area contributed by atoms with Crippen molar-refractivity contribution in [1.29, 1.82) is 0 Å². The number of benzene rings is 4. The van der Waals surface area contributed by atoms with Gasteiger partial charge < -0.3 is 5.32 Å². The summed E-state index contributed by atoms with van der Waals surface area (Å²) < 4.78 is 65.6. The van der Waals surface area contributed by atoms with Gasteiger partial charge in [-0.25, -0.2) is 0 Å². The van der Waals surface area contributed by atoms with E-state index in [1.807, 2.05) is 0 Å². The molecule has 44 heavy (non-hydrogen) atoms. The van der Waals surface area contributed by atoms with E-state index in [0.717, 1.165) is 6.08 Å². The van der Waals surface area contributed by atoms with Crippen LogP contribution in [0, 0.1) is 0 Å². The minimum Gasteiger partial charge on any atom is -0.322 e. The van der Waals surface area contributed by atoms with Crippen LogP contribution >= 0.6 is 0 Å². The van der Waals surface area contributed by atoms with Gasteiger partial charge in [-0.15, -0.1) is 0 Å². The van der Waals surface area contributed by atoms with Crippen molar-refractivity contribution in [3.8, 4) is 0 Å². The van der Waals surface area contributed by atoms with E-state index >= 15 is 0 Å². The van der Waals surface area contributed by atoms with Gasteiger partial charge >= 0.3 is 0 Å².